The number of hydrogen-bond acceptors (Lipinski definition) is 4. The summed E-state index contributed by atoms with van der Waals surface area (Å²) < 4.78 is 5.54. The Morgan fingerprint density at radius 3 is 1.75 bits per heavy atom. The predicted octanol–water partition coefficient (Wildman–Crippen LogP) is 8.31. The van der Waals surface area contributed by atoms with Crippen LogP contribution in [0.1, 0.15) is 48.5 Å². The zero-order chi connectivity index (χ0) is 33.3. The average Bonchev–Trinajstić information content (AvgIpc) is 3.12. The number of phenols is 1. The number of ether oxygens (including phenoxy) is 1. The lowest BCUT2D eigenvalue weighted by atomic mass is 9.65. The van der Waals surface area contributed by atoms with Crippen LogP contribution < -0.4 is 10.1 Å². The molecule has 6 nitrogen and oxygen atoms in total. The lowest BCUT2D eigenvalue weighted by Gasteiger charge is -2.37. The Hall–Kier alpha value is -6.58. The van der Waals surface area contributed by atoms with Gasteiger partial charge in [0, 0.05) is 17.7 Å². The number of carbonyl (C=O) groups excluding carboxylic acids is 1. The minimum atomic E-state index is -1.20. The molecule has 6 aromatic carbocycles. The fourth-order valence-electron chi connectivity index (χ4n) is 5.87. The molecule has 6 aromatic rings. The smallest absolute Gasteiger partial charge is 0.339 e. The van der Waals surface area contributed by atoms with E-state index in [0.29, 0.717) is 22.6 Å². The molecular formula is C42H31NO5. The van der Waals surface area contributed by atoms with Crippen LogP contribution >= 0.6 is 0 Å². The van der Waals surface area contributed by atoms with E-state index in [4.69, 9.17) is 9.84 Å². The summed E-state index contributed by atoms with van der Waals surface area (Å²) in [4.78, 5) is 24.4. The molecule has 48 heavy (non-hydrogen) atoms. The van der Waals surface area contributed by atoms with Crippen LogP contribution in [-0.4, -0.2) is 22.1 Å². The first-order chi connectivity index (χ1) is 23.4. The third-order valence-corrected chi connectivity index (χ3v) is 8.12. The lowest BCUT2D eigenvalue weighted by molar-refractivity contribution is 0.0693. The van der Waals surface area contributed by atoms with Crippen LogP contribution in [0.4, 0.5) is 5.69 Å². The van der Waals surface area contributed by atoms with E-state index in [-0.39, 0.29) is 23.6 Å². The summed E-state index contributed by atoms with van der Waals surface area (Å²) in [6.45, 7) is 0. The number of carboxylic acid groups (broad SMARTS) is 1. The van der Waals surface area contributed by atoms with Gasteiger partial charge >= 0.3 is 5.97 Å². The Morgan fingerprint density at radius 1 is 0.646 bits per heavy atom. The molecule has 234 valence electrons. The van der Waals surface area contributed by atoms with Crippen LogP contribution in [0.2, 0.25) is 0 Å². The summed E-state index contributed by atoms with van der Waals surface area (Å²) >= 11 is 0. The van der Waals surface area contributed by atoms with Crippen molar-refractivity contribution in [3.05, 3.63) is 197 Å². The number of nitrogens with one attached hydrogen (secondary N) is 1. The van der Waals surface area contributed by atoms with Crippen LogP contribution in [-0.2, 0) is 11.8 Å². The minimum absolute atomic E-state index is 0.173. The van der Waals surface area contributed by atoms with Gasteiger partial charge < -0.3 is 20.3 Å². The molecule has 0 aliphatic heterocycles. The minimum Gasteiger partial charge on any atom is -0.507 e. The van der Waals surface area contributed by atoms with Crippen molar-refractivity contribution in [3.8, 4) is 23.5 Å². The van der Waals surface area contributed by atoms with Gasteiger partial charge in [-0.25, -0.2) is 4.79 Å². The highest BCUT2D eigenvalue weighted by Gasteiger charge is 2.38. The van der Waals surface area contributed by atoms with E-state index in [1.165, 1.54) is 12.1 Å². The van der Waals surface area contributed by atoms with Gasteiger partial charge in [-0.2, -0.15) is 0 Å². The van der Waals surface area contributed by atoms with Crippen molar-refractivity contribution in [2.45, 2.75) is 11.8 Å². The number of rotatable bonds is 9. The van der Waals surface area contributed by atoms with Gasteiger partial charge in [-0.1, -0.05) is 121 Å². The van der Waals surface area contributed by atoms with E-state index < -0.39 is 11.4 Å². The van der Waals surface area contributed by atoms with E-state index in [1.54, 1.807) is 30.3 Å². The molecule has 6 heteroatoms. The van der Waals surface area contributed by atoms with Crippen LogP contribution in [0.15, 0.2) is 158 Å². The third kappa shape index (κ3) is 6.67. The van der Waals surface area contributed by atoms with Crippen LogP contribution in [0.5, 0.6) is 11.5 Å². The van der Waals surface area contributed by atoms with Crippen molar-refractivity contribution in [2.75, 3.05) is 5.32 Å². The summed E-state index contributed by atoms with van der Waals surface area (Å²) in [5.41, 5.74) is 5.40. The summed E-state index contributed by atoms with van der Waals surface area (Å²) in [5.74, 6) is 1.41. The Balaban J connectivity index is 1.21. The number of benzene rings is 6. The van der Waals surface area contributed by atoms with E-state index in [1.807, 2.05) is 30.3 Å². The van der Waals surface area contributed by atoms with Crippen LogP contribution in [0.25, 0.3) is 0 Å². The van der Waals surface area contributed by atoms with Gasteiger partial charge in [0.05, 0.1) is 5.41 Å². The van der Waals surface area contributed by atoms with Crippen LogP contribution in [0, 0.1) is 12.0 Å². The van der Waals surface area contributed by atoms with Gasteiger partial charge in [-0.05, 0) is 70.3 Å². The fourth-order valence-corrected chi connectivity index (χ4v) is 5.87. The maximum atomic E-state index is 13.3. The van der Waals surface area contributed by atoms with Gasteiger partial charge in [0.15, 0.2) is 0 Å². The zero-order valence-corrected chi connectivity index (χ0v) is 25.8. The fraction of sp³-hybridized carbons (Fsp3) is 0.0476. The standard InChI is InChI=1S/C42H31NO5/c44-39-28-30(21-26-38(39)41(46)47)12-11-27-48-37-20-10-13-31(29-37)40(45)43-36-24-22-35(23-25-36)42(32-14-4-1-5-15-32,33-16-6-2-7-17-33)34-18-8-3-9-19-34/h1-10,13-26,28-29,44H,12H2,(H,43,45)(H,46,47). The van der Waals surface area contributed by atoms with E-state index in [2.05, 4.69) is 102 Å². The lowest BCUT2D eigenvalue weighted by Crippen LogP contribution is -2.31. The molecule has 0 atom stereocenters. The summed E-state index contributed by atoms with van der Waals surface area (Å²) in [5, 5.41) is 21.9. The highest BCUT2D eigenvalue weighted by molar-refractivity contribution is 6.04. The van der Waals surface area contributed by atoms with Crippen molar-refractivity contribution in [1.29, 1.82) is 0 Å². The Bertz CT molecular complexity index is 2000. The highest BCUT2D eigenvalue weighted by Crippen LogP contribution is 2.45. The first-order valence-electron chi connectivity index (χ1n) is 15.3. The van der Waals surface area contributed by atoms with Gasteiger partial charge in [-0.3, -0.25) is 4.79 Å². The molecule has 6 rings (SSSR count). The molecule has 0 radical (unpaired) electrons. The monoisotopic (exact) mass is 629 g/mol. The molecule has 0 bridgehead atoms. The second kappa shape index (κ2) is 14.2. The number of carboxylic acids is 1. The Morgan fingerprint density at radius 2 is 1.21 bits per heavy atom. The molecular weight excluding hydrogens is 598 g/mol. The molecule has 0 spiro atoms. The van der Waals surface area contributed by atoms with Gasteiger partial charge in [0.25, 0.3) is 5.91 Å². The normalized spacial score (nSPS) is 10.8. The van der Waals surface area contributed by atoms with Gasteiger partial charge in [0.2, 0.25) is 0 Å². The topological polar surface area (TPSA) is 95.9 Å². The number of aromatic hydroxyl groups is 1. The first kappa shape index (κ1) is 31.4. The molecule has 0 saturated carbocycles. The quantitative estimate of drug-likeness (QED) is 0.110. The first-order valence-corrected chi connectivity index (χ1v) is 15.3. The van der Waals surface area contributed by atoms with Crippen molar-refractivity contribution in [1.82, 2.24) is 0 Å². The maximum absolute atomic E-state index is 13.3. The van der Waals surface area contributed by atoms with Crippen LogP contribution in [0.3, 0.4) is 0 Å². The molecule has 0 aliphatic rings. The zero-order valence-electron chi connectivity index (χ0n) is 25.8. The van der Waals surface area contributed by atoms with Crippen molar-refractivity contribution >= 4 is 17.6 Å². The molecule has 0 aromatic heterocycles. The van der Waals surface area contributed by atoms with E-state index >= 15 is 0 Å². The number of aromatic carboxylic acids is 1. The number of amides is 1. The second-order valence-electron chi connectivity index (χ2n) is 11.1. The Labute approximate surface area is 278 Å². The Kier molecular flexibility index (Phi) is 9.32. The summed E-state index contributed by atoms with van der Waals surface area (Å²) in [6, 6.07) is 50.3. The largest absolute Gasteiger partial charge is 0.507 e. The number of anilines is 1. The predicted molar refractivity (Wildman–Crippen MR) is 186 cm³/mol. The second-order valence-corrected chi connectivity index (χ2v) is 11.1. The molecule has 0 heterocycles. The van der Waals surface area contributed by atoms with E-state index in [0.717, 1.165) is 22.3 Å². The third-order valence-electron chi connectivity index (χ3n) is 8.12. The molecule has 1 amide bonds. The van der Waals surface area contributed by atoms with Crippen molar-refractivity contribution < 1.29 is 24.5 Å². The molecule has 0 fully saturated rings. The molecule has 0 saturated heterocycles. The highest BCUT2D eigenvalue weighted by atomic mass is 16.5. The van der Waals surface area contributed by atoms with E-state index in [9.17, 15) is 14.7 Å². The van der Waals surface area contributed by atoms with Crippen molar-refractivity contribution in [2.24, 2.45) is 0 Å². The van der Waals surface area contributed by atoms with Gasteiger partial charge in [-0.15, -0.1) is 0 Å². The SMILES string of the molecule is O=C(Nc1ccc(C(c2ccccc2)(c2ccccc2)c2ccccc2)cc1)c1cccc(OC#CCc2ccc(C(=O)O)c(O)c2)c1. The number of hydrogen-bond donors (Lipinski definition) is 3. The average molecular weight is 630 g/mol. The molecule has 3 N–H and O–H groups in total. The molecule has 0 unspecified atom stereocenters. The molecule has 0 aliphatic carbocycles. The maximum Gasteiger partial charge on any atom is 0.339 e. The summed E-state index contributed by atoms with van der Waals surface area (Å²) in [6.07, 6.45) is 2.84. The summed E-state index contributed by atoms with van der Waals surface area (Å²) in [7, 11) is 0. The van der Waals surface area contributed by atoms with Gasteiger partial charge in [0.1, 0.15) is 23.2 Å². The number of carbonyl (C=O) groups is 2. The van der Waals surface area contributed by atoms with Crippen molar-refractivity contribution in [3.63, 3.8) is 0 Å².